The largest absolute Gasteiger partial charge is 0.497 e. The smallest absolute Gasteiger partial charge is 0.279 e. The molecule has 2 N–H and O–H groups in total. The van der Waals surface area contributed by atoms with Crippen molar-refractivity contribution in [2.24, 2.45) is 0 Å². The third kappa shape index (κ3) is 4.72. The number of carbonyl (C=O) groups excluding carboxylic acids is 1. The Labute approximate surface area is 183 Å². The number of methoxy groups -OCH3 is 2. The average Bonchev–Trinajstić information content (AvgIpc) is 3.27. The van der Waals surface area contributed by atoms with Crippen LogP contribution in [-0.4, -0.2) is 33.2 Å². The van der Waals surface area contributed by atoms with Gasteiger partial charge in [0, 0.05) is 24.1 Å². The molecule has 31 heavy (non-hydrogen) atoms. The lowest BCUT2D eigenvalue weighted by Gasteiger charge is -2.23. The molecule has 5 heteroatoms. The monoisotopic (exact) mass is 417 g/mol. The molecule has 1 heterocycles. The molecule has 0 radical (unpaired) electrons. The summed E-state index contributed by atoms with van der Waals surface area (Å²) < 4.78 is 11.0. The molecule has 3 aromatic carbocycles. The number of anilines is 1. The summed E-state index contributed by atoms with van der Waals surface area (Å²) in [6.45, 7) is 1.37. The fourth-order valence-electron chi connectivity index (χ4n) is 4.47. The number of benzene rings is 3. The quantitative estimate of drug-likeness (QED) is 0.616. The van der Waals surface area contributed by atoms with Crippen LogP contribution in [0.3, 0.4) is 0 Å². The predicted octanol–water partition coefficient (Wildman–Crippen LogP) is 3.73. The van der Waals surface area contributed by atoms with Gasteiger partial charge in [-0.3, -0.25) is 4.79 Å². The first-order valence-electron chi connectivity index (χ1n) is 10.7. The van der Waals surface area contributed by atoms with E-state index in [0.717, 1.165) is 53.3 Å². The van der Waals surface area contributed by atoms with Gasteiger partial charge in [0.1, 0.15) is 17.5 Å². The molecule has 0 bridgehead atoms. The molecule has 2 atom stereocenters. The minimum absolute atomic E-state index is 0.0205. The maximum atomic E-state index is 13.0. The van der Waals surface area contributed by atoms with E-state index in [1.165, 1.54) is 4.90 Å². The van der Waals surface area contributed by atoms with Gasteiger partial charge in [0.15, 0.2) is 6.54 Å². The summed E-state index contributed by atoms with van der Waals surface area (Å²) >= 11 is 0. The number of para-hydroxylation sites is 1. The number of nitrogens with one attached hydrogen (secondary N) is 2. The van der Waals surface area contributed by atoms with E-state index in [1.807, 2.05) is 60.7 Å². The Morgan fingerprint density at radius 2 is 1.77 bits per heavy atom. The Bertz CT molecular complexity index is 1040. The van der Waals surface area contributed by atoms with Gasteiger partial charge in [-0.1, -0.05) is 48.5 Å². The number of amides is 1. The topological polar surface area (TPSA) is 52.0 Å². The summed E-state index contributed by atoms with van der Waals surface area (Å²) in [5.74, 6) is 1.68. The lowest BCUT2D eigenvalue weighted by Crippen LogP contribution is -3.11. The zero-order valence-electron chi connectivity index (χ0n) is 18.1. The van der Waals surface area contributed by atoms with E-state index in [2.05, 4.69) is 17.4 Å². The van der Waals surface area contributed by atoms with Crippen LogP contribution in [0.15, 0.2) is 72.8 Å². The van der Waals surface area contributed by atoms with Gasteiger partial charge in [-0.2, -0.15) is 0 Å². The van der Waals surface area contributed by atoms with Crippen molar-refractivity contribution in [2.45, 2.75) is 18.9 Å². The van der Waals surface area contributed by atoms with Gasteiger partial charge < -0.3 is 19.7 Å². The summed E-state index contributed by atoms with van der Waals surface area (Å²) in [7, 11) is 3.36. The Balaban J connectivity index is 1.51. The SMILES string of the molecule is COc1ccc(OC)c([C@@H]2CCC[NH+]2CC(=O)Nc2ccccc2-c2ccccc2)c1. The first-order chi connectivity index (χ1) is 15.2. The number of carbonyl (C=O) groups is 1. The van der Waals surface area contributed by atoms with Crippen molar-refractivity contribution in [1.29, 1.82) is 0 Å². The zero-order chi connectivity index (χ0) is 21.6. The molecule has 0 aliphatic carbocycles. The highest BCUT2D eigenvalue weighted by Gasteiger charge is 2.34. The summed E-state index contributed by atoms with van der Waals surface area (Å²) in [6, 6.07) is 24.2. The summed E-state index contributed by atoms with van der Waals surface area (Å²) in [6.07, 6.45) is 2.10. The van der Waals surface area contributed by atoms with Crippen LogP contribution in [-0.2, 0) is 4.79 Å². The van der Waals surface area contributed by atoms with Gasteiger partial charge in [0.25, 0.3) is 5.91 Å². The van der Waals surface area contributed by atoms with Crippen LogP contribution in [0, 0.1) is 0 Å². The minimum atomic E-state index is 0.0205. The molecular formula is C26H29N2O3+. The van der Waals surface area contributed by atoms with Crippen molar-refractivity contribution in [3.05, 3.63) is 78.4 Å². The lowest BCUT2D eigenvalue weighted by atomic mass is 10.0. The number of quaternary nitrogens is 1. The standard InChI is InChI=1S/C26H28N2O3/c1-30-20-14-15-25(31-2)22(17-20)24-13-8-16-28(24)18-26(29)27-23-12-7-6-11-21(23)19-9-4-3-5-10-19/h3-7,9-12,14-15,17,24H,8,13,16,18H2,1-2H3,(H,27,29)/p+1/t24-/m0/s1. The van der Waals surface area contributed by atoms with Crippen LogP contribution >= 0.6 is 0 Å². The number of ether oxygens (including phenoxy) is 2. The molecule has 5 nitrogen and oxygen atoms in total. The second-order valence-electron chi connectivity index (χ2n) is 7.85. The fourth-order valence-corrected chi connectivity index (χ4v) is 4.47. The van der Waals surface area contributed by atoms with Crippen LogP contribution in [0.5, 0.6) is 11.5 Å². The van der Waals surface area contributed by atoms with Gasteiger partial charge in [-0.05, 0) is 29.8 Å². The molecule has 0 saturated carbocycles. The Kier molecular flexibility index (Phi) is 6.53. The molecule has 0 spiro atoms. The van der Waals surface area contributed by atoms with Crippen molar-refractivity contribution < 1.29 is 19.2 Å². The highest BCUT2D eigenvalue weighted by atomic mass is 16.5. The first-order valence-corrected chi connectivity index (χ1v) is 10.7. The summed E-state index contributed by atoms with van der Waals surface area (Å²) in [5.41, 5.74) is 4.06. The summed E-state index contributed by atoms with van der Waals surface area (Å²) in [4.78, 5) is 14.3. The first kappa shape index (κ1) is 20.9. The molecule has 4 rings (SSSR count). The molecule has 1 saturated heterocycles. The molecule has 160 valence electrons. The van der Waals surface area contributed by atoms with Gasteiger partial charge in [0.2, 0.25) is 0 Å². The third-order valence-corrected chi connectivity index (χ3v) is 5.97. The Hall–Kier alpha value is -3.31. The van der Waals surface area contributed by atoms with Crippen LogP contribution < -0.4 is 19.7 Å². The highest BCUT2D eigenvalue weighted by molar-refractivity contribution is 5.96. The molecular weight excluding hydrogens is 388 g/mol. The molecule has 0 aromatic heterocycles. The average molecular weight is 418 g/mol. The third-order valence-electron chi connectivity index (χ3n) is 5.97. The number of hydrogen-bond acceptors (Lipinski definition) is 3. The highest BCUT2D eigenvalue weighted by Crippen LogP contribution is 2.32. The van der Waals surface area contributed by atoms with Crippen molar-refractivity contribution in [3.63, 3.8) is 0 Å². The van der Waals surface area contributed by atoms with Crippen LogP contribution in [0.25, 0.3) is 11.1 Å². The number of hydrogen-bond donors (Lipinski definition) is 2. The van der Waals surface area contributed by atoms with Crippen LogP contribution in [0.4, 0.5) is 5.69 Å². The van der Waals surface area contributed by atoms with Crippen molar-refractivity contribution in [1.82, 2.24) is 0 Å². The molecule has 1 amide bonds. The molecule has 1 aliphatic rings. The van der Waals surface area contributed by atoms with Gasteiger partial charge >= 0.3 is 0 Å². The zero-order valence-corrected chi connectivity index (χ0v) is 18.1. The van der Waals surface area contributed by atoms with E-state index in [1.54, 1.807) is 14.2 Å². The Morgan fingerprint density at radius 3 is 2.55 bits per heavy atom. The Morgan fingerprint density at radius 1 is 1.00 bits per heavy atom. The normalized spacial score (nSPS) is 17.9. The van der Waals surface area contributed by atoms with Gasteiger partial charge in [0.05, 0.1) is 26.3 Å². The van der Waals surface area contributed by atoms with Crippen molar-refractivity contribution in [3.8, 4) is 22.6 Å². The number of likely N-dealkylation sites (tertiary alicyclic amines) is 1. The second kappa shape index (κ2) is 9.67. The van der Waals surface area contributed by atoms with E-state index in [0.29, 0.717) is 6.54 Å². The fraction of sp³-hybridized carbons (Fsp3) is 0.269. The van der Waals surface area contributed by atoms with E-state index in [-0.39, 0.29) is 11.9 Å². The lowest BCUT2D eigenvalue weighted by molar-refractivity contribution is -0.910. The molecule has 1 unspecified atom stereocenters. The van der Waals surface area contributed by atoms with Crippen LogP contribution in [0.1, 0.15) is 24.4 Å². The molecule has 1 aliphatic heterocycles. The second-order valence-corrected chi connectivity index (χ2v) is 7.85. The van der Waals surface area contributed by atoms with Gasteiger partial charge in [-0.15, -0.1) is 0 Å². The van der Waals surface area contributed by atoms with E-state index in [4.69, 9.17) is 9.47 Å². The molecule has 3 aromatic rings. The molecule has 1 fully saturated rings. The maximum absolute atomic E-state index is 13.0. The minimum Gasteiger partial charge on any atom is -0.497 e. The maximum Gasteiger partial charge on any atom is 0.279 e. The van der Waals surface area contributed by atoms with Crippen LogP contribution in [0.2, 0.25) is 0 Å². The van der Waals surface area contributed by atoms with E-state index in [9.17, 15) is 4.79 Å². The predicted molar refractivity (Wildman–Crippen MR) is 123 cm³/mol. The van der Waals surface area contributed by atoms with E-state index >= 15 is 0 Å². The van der Waals surface area contributed by atoms with Crippen molar-refractivity contribution in [2.75, 3.05) is 32.6 Å². The van der Waals surface area contributed by atoms with Gasteiger partial charge in [-0.25, -0.2) is 0 Å². The summed E-state index contributed by atoms with van der Waals surface area (Å²) in [5, 5.41) is 3.14. The van der Waals surface area contributed by atoms with Crippen molar-refractivity contribution >= 4 is 11.6 Å². The van der Waals surface area contributed by atoms with E-state index < -0.39 is 0 Å². The number of rotatable bonds is 7.